The van der Waals surface area contributed by atoms with Gasteiger partial charge in [-0.15, -0.1) is 0 Å². The van der Waals surface area contributed by atoms with Crippen LogP contribution in [0.3, 0.4) is 0 Å². The molecule has 624 valence electrons. The number of nitrogens with zero attached hydrogens (tertiary/aromatic N) is 5. The molecular formula is C106H99BrI4N12O. The number of aliphatic imine (C=N–C) groups is 1. The Morgan fingerprint density at radius 3 is 1.26 bits per heavy atom. The number of aromatic amines is 7. The summed E-state index contributed by atoms with van der Waals surface area (Å²) in [5, 5.41) is 10.8. The minimum Gasteiger partial charge on any atom is -0.382 e. The van der Waals surface area contributed by atoms with Gasteiger partial charge in [0.15, 0.2) is 0 Å². The average Bonchev–Trinajstić information content (AvgIpc) is 1.63. The summed E-state index contributed by atoms with van der Waals surface area (Å²) in [6.45, 7) is 22.1. The average molecular weight is 2140 g/mol. The number of aryl methyl sites for hydroxylation is 3. The minimum atomic E-state index is -0.679. The lowest BCUT2D eigenvalue weighted by Gasteiger charge is -2.24. The lowest BCUT2D eigenvalue weighted by molar-refractivity contribution is 0.216. The number of hydrogen-bond donors (Lipinski definition) is 8. The van der Waals surface area contributed by atoms with Gasteiger partial charge in [-0.3, -0.25) is 15.0 Å². The quantitative estimate of drug-likeness (QED) is 0.0596. The molecule has 20 rings (SSSR count). The third kappa shape index (κ3) is 19.6. The van der Waals surface area contributed by atoms with Gasteiger partial charge in [0.05, 0.1) is 44.9 Å². The number of hydrogen-bond acceptors (Lipinski definition) is 6. The maximum Gasteiger partial charge on any atom is 0.119 e. The SMILES string of the molecule is C.CC1=NC(Cc2ccc[nH]2)C(C)(C)C1.Cc1ccc(-c2c3nc(c(-c4ccc(I)cc4)c4ccc(cc5nc(cc6[nH]c2cc6I)C(C)(C)C5)[nH]4)C=C3)cc1.Cc1ccc(-c2c3nc(c(-c4ccc(I)cc4)c4ccc(cc5nc(cc6ccc2[nH]6)C(C)(C)C5)[nH]4)C=C3)cc1.Cc1ccc(C(O)c2ccc(C(c3ccc(I)cc3)c3ccc(Br)[nH]3)[nH]2)cc1. The zero-order chi connectivity index (χ0) is 85.6. The fraction of sp³-hybridized carbons (Fsp3) is 0.198. The summed E-state index contributed by atoms with van der Waals surface area (Å²) in [4.78, 5) is 50.3. The van der Waals surface area contributed by atoms with E-state index in [0.29, 0.717) is 11.5 Å². The van der Waals surface area contributed by atoms with Crippen molar-refractivity contribution in [3.63, 3.8) is 0 Å². The predicted molar refractivity (Wildman–Crippen MR) is 554 cm³/mol. The smallest absolute Gasteiger partial charge is 0.119 e. The minimum absolute atomic E-state index is 0. The maximum absolute atomic E-state index is 10.8. The number of aliphatic hydroxyl groups is 1. The molecule has 0 spiro atoms. The Bertz CT molecular complexity index is 6900. The first-order valence-corrected chi connectivity index (χ1v) is 46.6. The highest BCUT2D eigenvalue weighted by molar-refractivity contribution is 14.1. The van der Waals surface area contributed by atoms with Gasteiger partial charge in [-0.1, -0.05) is 175 Å². The summed E-state index contributed by atoms with van der Waals surface area (Å²) in [5.74, 6) is 0.0299. The molecule has 13 nitrogen and oxygen atoms in total. The Balaban J connectivity index is 0.000000129. The molecule has 0 radical (unpaired) electrons. The van der Waals surface area contributed by atoms with Crippen molar-refractivity contribution < 1.29 is 5.11 Å². The largest absolute Gasteiger partial charge is 0.382 e. The van der Waals surface area contributed by atoms with Crippen LogP contribution in [0.5, 0.6) is 0 Å². The molecule has 3 atom stereocenters. The molecule has 0 saturated heterocycles. The van der Waals surface area contributed by atoms with Gasteiger partial charge in [0.2, 0.25) is 0 Å². The molecule has 15 aromatic rings. The van der Waals surface area contributed by atoms with Crippen molar-refractivity contribution in [1.82, 2.24) is 54.8 Å². The van der Waals surface area contributed by atoms with Crippen LogP contribution in [0.1, 0.15) is 170 Å². The molecule has 5 aliphatic rings. The van der Waals surface area contributed by atoms with Crippen molar-refractivity contribution in [2.24, 2.45) is 10.4 Å². The van der Waals surface area contributed by atoms with E-state index in [2.05, 4.69) is 434 Å². The number of rotatable bonds is 11. The second-order valence-corrected chi connectivity index (χ2v) is 40.4. The van der Waals surface area contributed by atoms with Crippen LogP contribution in [0.2, 0.25) is 0 Å². The number of benzene rings is 6. The van der Waals surface area contributed by atoms with Gasteiger partial charge >= 0.3 is 0 Å². The topological polar surface area (TPSA) is 195 Å². The van der Waals surface area contributed by atoms with Crippen LogP contribution in [-0.2, 0) is 30.1 Å². The van der Waals surface area contributed by atoms with E-state index in [0.717, 1.165) is 191 Å². The Kier molecular flexibility index (Phi) is 26.0. The van der Waals surface area contributed by atoms with Crippen molar-refractivity contribution in [1.29, 1.82) is 0 Å². The van der Waals surface area contributed by atoms with Gasteiger partial charge in [0.25, 0.3) is 0 Å². The molecule has 16 bridgehead atoms. The zero-order valence-electron chi connectivity index (χ0n) is 70.2. The van der Waals surface area contributed by atoms with E-state index in [-0.39, 0.29) is 24.2 Å². The van der Waals surface area contributed by atoms with Crippen LogP contribution in [0.15, 0.2) is 265 Å². The highest BCUT2D eigenvalue weighted by Gasteiger charge is 2.36. The molecule has 0 aliphatic carbocycles. The van der Waals surface area contributed by atoms with Crippen molar-refractivity contribution in [3.8, 4) is 44.5 Å². The second kappa shape index (κ2) is 36.8. The molecule has 8 N–H and O–H groups in total. The number of halogens is 5. The fourth-order valence-electron chi connectivity index (χ4n) is 17.1. The summed E-state index contributed by atoms with van der Waals surface area (Å²) in [6, 6.07) is 87.9. The van der Waals surface area contributed by atoms with E-state index in [4.69, 9.17) is 24.9 Å². The first-order valence-electron chi connectivity index (χ1n) is 41.5. The molecule has 5 aliphatic heterocycles. The molecule has 18 heteroatoms. The molecule has 9 aromatic heterocycles. The number of nitrogens with one attached hydrogen (secondary N) is 7. The van der Waals surface area contributed by atoms with Crippen LogP contribution < -0.4 is 0 Å². The molecule has 3 unspecified atom stereocenters. The second-order valence-electron chi connectivity index (χ2n) is 34.7. The van der Waals surface area contributed by atoms with Crippen LogP contribution in [0, 0.1) is 40.5 Å². The van der Waals surface area contributed by atoms with E-state index >= 15 is 0 Å². The third-order valence-corrected chi connectivity index (χ3v) is 27.1. The third-order valence-electron chi connectivity index (χ3n) is 23.6. The normalized spacial score (nSPS) is 15.0. The molecule has 6 aromatic carbocycles. The van der Waals surface area contributed by atoms with Crippen molar-refractivity contribution in [2.45, 2.75) is 131 Å². The van der Waals surface area contributed by atoms with Gasteiger partial charge in [0.1, 0.15) is 6.10 Å². The molecular weight excluding hydrogens is 2040 g/mol. The summed E-state index contributed by atoms with van der Waals surface area (Å²) in [5.41, 5.74) is 36.8. The van der Waals surface area contributed by atoms with Gasteiger partial charge in [-0.05, 0) is 343 Å². The number of H-pyrrole nitrogens is 7. The number of aromatic nitrogens is 11. The lowest BCUT2D eigenvalue weighted by Crippen LogP contribution is -2.25. The Labute approximate surface area is 788 Å². The molecule has 0 saturated carbocycles. The summed E-state index contributed by atoms with van der Waals surface area (Å²) in [6.07, 6.45) is 13.8. The molecule has 124 heavy (non-hydrogen) atoms. The summed E-state index contributed by atoms with van der Waals surface area (Å²) < 4.78 is 5.72. The van der Waals surface area contributed by atoms with E-state index < -0.39 is 6.10 Å². The first kappa shape index (κ1) is 87.4. The first-order chi connectivity index (χ1) is 59.1. The fourth-order valence-corrected chi connectivity index (χ4v) is 19.1. The Morgan fingerprint density at radius 1 is 0.403 bits per heavy atom. The van der Waals surface area contributed by atoms with Crippen LogP contribution in [0.4, 0.5) is 0 Å². The number of fused-ring (bicyclic) bond motifs is 16. The van der Waals surface area contributed by atoms with Gasteiger partial charge in [-0.25, -0.2) is 9.97 Å². The molecule has 0 amide bonds. The monoisotopic (exact) mass is 2140 g/mol. The van der Waals surface area contributed by atoms with Crippen molar-refractivity contribution in [3.05, 3.63) is 370 Å². The van der Waals surface area contributed by atoms with Gasteiger partial charge in [-0.2, -0.15) is 0 Å². The Morgan fingerprint density at radius 2 is 0.815 bits per heavy atom. The van der Waals surface area contributed by atoms with Crippen LogP contribution in [0.25, 0.3) is 113 Å². The summed E-state index contributed by atoms with van der Waals surface area (Å²) >= 11 is 13.0. The maximum atomic E-state index is 10.8. The summed E-state index contributed by atoms with van der Waals surface area (Å²) in [7, 11) is 0. The van der Waals surface area contributed by atoms with E-state index in [1.165, 1.54) is 44.4 Å². The van der Waals surface area contributed by atoms with Gasteiger partial charge in [0, 0.05) is 163 Å². The predicted octanol–water partition coefficient (Wildman–Crippen LogP) is 28.8. The molecule has 14 heterocycles. The van der Waals surface area contributed by atoms with Crippen LogP contribution in [-0.4, -0.2) is 71.7 Å². The van der Waals surface area contributed by atoms with Crippen molar-refractivity contribution >= 4 is 180 Å². The Hall–Kier alpha value is -10.1. The van der Waals surface area contributed by atoms with Crippen LogP contribution >= 0.6 is 106 Å². The number of aliphatic hydroxyl groups excluding tert-OH is 1. The van der Waals surface area contributed by atoms with E-state index in [1.54, 1.807) is 0 Å². The van der Waals surface area contributed by atoms with Crippen molar-refractivity contribution in [2.75, 3.05) is 0 Å². The van der Waals surface area contributed by atoms with E-state index in [1.807, 2.05) is 55.6 Å². The van der Waals surface area contributed by atoms with E-state index in [9.17, 15) is 5.11 Å². The zero-order valence-corrected chi connectivity index (χ0v) is 80.4. The molecule has 0 fully saturated rings. The standard InChI is InChI=1S/C35H28I2N4.C35H29IN4.C23H20BrIN2O.C12H18N2.CH4/c1-20-4-6-21(7-5-20)34-29-15-14-28(40-29)33(22-8-10-23(36)11-9-22)27-13-12-24(38-27)16-25-19-35(2,3)32(39-25)18-30-26(37)17-31(34)41-30;1-21-4-6-22(7-5-21)33-29-15-13-26(38-29)19-32-35(2,3)20-27(39-32)18-25-12-14-28(37-25)34(31-17-16-30(33)40-31)23-8-10-24(36)11-9-23;1-14-2-4-16(5-3-14)23(28)20-11-10-18(26-20)22(19-12-13-21(24)27-19)15-6-8-17(25)9-7-15;1-9-8-12(2,3)11(14-9)7-10-5-4-6-13-10;/h4-18,38,41H,19H2,1-3H3;4-19,37-38H,20H2,1-3H3;2-13,22-23,26-28H,1H3;4-6,11,13H,7-8H2,1-3H3;1H4. The van der Waals surface area contributed by atoms with Gasteiger partial charge < -0.3 is 40.0 Å². The highest BCUT2D eigenvalue weighted by Crippen LogP contribution is 2.42. The highest BCUT2D eigenvalue weighted by atomic mass is 127. The lowest BCUT2D eigenvalue weighted by atomic mass is 9.81.